The molecule has 0 saturated carbocycles. The highest BCUT2D eigenvalue weighted by atomic mass is 35.5. The van der Waals surface area contributed by atoms with Crippen LogP contribution in [0, 0.1) is 5.82 Å². The molecule has 23 heavy (non-hydrogen) atoms. The standard InChI is InChI=1S/C15H19FN2O4.ClH/c16-11-1-3-12(4-2-11)22-13-5-7-18(8-6-13)10-14(19)17-9-15(20)21;/h1-4,13H,5-10H2,(H,17,19)(H,20,21);1H. The average molecular weight is 347 g/mol. The number of nitrogens with zero attached hydrogens (tertiary/aromatic N) is 1. The van der Waals surface area contributed by atoms with Gasteiger partial charge in [-0.15, -0.1) is 12.4 Å². The number of nitrogens with one attached hydrogen (secondary N) is 1. The number of aliphatic carboxylic acids is 1. The molecule has 8 heteroatoms. The lowest BCUT2D eigenvalue weighted by Crippen LogP contribution is -2.44. The van der Waals surface area contributed by atoms with Crippen molar-refractivity contribution in [3.05, 3.63) is 30.1 Å². The Bertz CT molecular complexity index is 519. The van der Waals surface area contributed by atoms with Crippen molar-refractivity contribution < 1.29 is 23.8 Å². The van der Waals surface area contributed by atoms with Crippen molar-refractivity contribution in [1.29, 1.82) is 0 Å². The third kappa shape index (κ3) is 6.83. The van der Waals surface area contributed by atoms with Crippen LogP contribution in [0.2, 0.25) is 0 Å². The fourth-order valence-electron chi connectivity index (χ4n) is 2.32. The van der Waals surface area contributed by atoms with Crippen LogP contribution < -0.4 is 10.1 Å². The van der Waals surface area contributed by atoms with E-state index in [1.54, 1.807) is 12.1 Å². The highest BCUT2D eigenvalue weighted by Crippen LogP contribution is 2.19. The number of piperidine rings is 1. The van der Waals surface area contributed by atoms with E-state index in [4.69, 9.17) is 9.84 Å². The van der Waals surface area contributed by atoms with Crippen molar-refractivity contribution in [2.75, 3.05) is 26.2 Å². The summed E-state index contributed by atoms with van der Waals surface area (Å²) in [5, 5.41) is 10.8. The molecule has 0 aliphatic carbocycles. The molecule has 0 atom stereocenters. The number of carbonyl (C=O) groups is 2. The van der Waals surface area contributed by atoms with E-state index >= 15 is 0 Å². The number of carboxylic acids is 1. The highest BCUT2D eigenvalue weighted by molar-refractivity contribution is 5.85. The zero-order chi connectivity index (χ0) is 15.9. The van der Waals surface area contributed by atoms with Crippen LogP contribution in [0.5, 0.6) is 5.75 Å². The second kappa shape index (κ2) is 9.32. The summed E-state index contributed by atoms with van der Waals surface area (Å²) in [6.45, 7) is 1.23. The molecule has 128 valence electrons. The number of amides is 1. The summed E-state index contributed by atoms with van der Waals surface area (Å²) in [4.78, 5) is 23.9. The van der Waals surface area contributed by atoms with Crippen molar-refractivity contribution in [3.8, 4) is 5.75 Å². The van der Waals surface area contributed by atoms with Crippen LogP contribution in [0.4, 0.5) is 4.39 Å². The van der Waals surface area contributed by atoms with E-state index in [0.29, 0.717) is 18.8 Å². The molecule has 2 rings (SSSR count). The number of carbonyl (C=O) groups excluding carboxylic acids is 1. The van der Waals surface area contributed by atoms with Gasteiger partial charge in [0.05, 0.1) is 6.54 Å². The highest BCUT2D eigenvalue weighted by Gasteiger charge is 2.22. The van der Waals surface area contributed by atoms with Gasteiger partial charge in [0.25, 0.3) is 0 Å². The molecule has 1 fully saturated rings. The lowest BCUT2D eigenvalue weighted by molar-refractivity contribution is -0.138. The number of hydrogen-bond acceptors (Lipinski definition) is 4. The maximum Gasteiger partial charge on any atom is 0.322 e. The number of carboxylic acid groups (broad SMARTS) is 1. The molecular formula is C15H20ClFN2O4. The largest absolute Gasteiger partial charge is 0.490 e. The van der Waals surface area contributed by atoms with E-state index in [1.165, 1.54) is 12.1 Å². The monoisotopic (exact) mass is 346 g/mol. The zero-order valence-corrected chi connectivity index (χ0v) is 13.4. The number of halogens is 2. The van der Waals surface area contributed by atoms with Crippen LogP contribution in [-0.2, 0) is 9.59 Å². The van der Waals surface area contributed by atoms with E-state index in [0.717, 1.165) is 12.8 Å². The maximum atomic E-state index is 12.8. The molecule has 0 unspecified atom stereocenters. The Balaban J connectivity index is 0.00000264. The lowest BCUT2D eigenvalue weighted by atomic mass is 10.1. The van der Waals surface area contributed by atoms with Gasteiger partial charge in [0.2, 0.25) is 5.91 Å². The second-order valence-electron chi connectivity index (χ2n) is 5.22. The first-order valence-corrected chi connectivity index (χ1v) is 7.16. The smallest absolute Gasteiger partial charge is 0.322 e. The number of benzene rings is 1. The molecule has 0 bridgehead atoms. The molecule has 2 N–H and O–H groups in total. The van der Waals surface area contributed by atoms with Crippen molar-refractivity contribution in [3.63, 3.8) is 0 Å². The zero-order valence-electron chi connectivity index (χ0n) is 12.5. The first-order valence-electron chi connectivity index (χ1n) is 7.16. The van der Waals surface area contributed by atoms with Gasteiger partial charge < -0.3 is 15.2 Å². The predicted octanol–water partition coefficient (Wildman–Crippen LogP) is 1.29. The lowest BCUT2D eigenvalue weighted by Gasteiger charge is -2.31. The first-order chi connectivity index (χ1) is 10.5. The number of hydrogen-bond donors (Lipinski definition) is 2. The molecule has 1 aromatic carbocycles. The Morgan fingerprint density at radius 3 is 2.43 bits per heavy atom. The van der Waals surface area contributed by atoms with Crippen LogP contribution in [0.25, 0.3) is 0 Å². The first kappa shape index (κ1) is 19.2. The van der Waals surface area contributed by atoms with Gasteiger partial charge in [0.15, 0.2) is 0 Å². The van der Waals surface area contributed by atoms with E-state index in [2.05, 4.69) is 5.32 Å². The summed E-state index contributed by atoms with van der Waals surface area (Å²) < 4.78 is 18.6. The Labute approximate surface area is 140 Å². The van der Waals surface area contributed by atoms with E-state index in [-0.39, 0.29) is 43.3 Å². The van der Waals surface area contributed by atoms with Gasteiger partial charge in [-0.25, -0.2) is 4.39 Å². The molecule has 6 nitrogen and oxygen atoms in total. The van der Waals surface area contributed by atoms with Gasteiger partial charge >= 0.3 is 5.97 Å². The van der Waals surface area contributed by atoms with Gasteiger partial charge in [-0.2, -0.15) is 0 Å². The Kier molecular flexibility index (Phi) is 7.77. The summed E-state index contributed by atoms with van der Waals surface area (Å²) in [5.41, 5.74) is 0. The predicted molar refractivity (Wildman–Crippen MR) is 84.4 cm³/mol. The number of ether oxygens (including phenoxy) is 1. The Morgan fingerprint density at radius 1 is 1.26 bits per heavy atom. The van der Waals surface area contributed by atoms with Crippen LogP contribution >= 0.6 is 12.4 Å². The normalized spacial score (nSPS) is 15.5. The van der Waals surface area contributed by atoms with Crippen LogP contribution in [0.15, 0.2) is 24.3 Å². The molecule has 1 amide bonds. The molecule has 1 aliphatic heterocycles. The summed E-state index contributed by atoms with van der Waals surface area (Å²) in [5.74, 6) is -1.01. The Morgan fingerprint density at radius 2 is 1.87 bits per heavy atom. The molecule has 0 radical (unpaired) electrons. The fraction of sp³-hybridized carbons (Fsp3) is 0.467. The van der Waals surface area contributed by atoms with Crippen LogP contribution in [0.1, 0.15) is 12.8 Å². The summed E-state index contributed by atoms with van der Waals surface area (Å²) in [6, 6.07) is 5.91. The van der Waals surface area contributed by atoms with Gasteiger partial charge in [0.1, 0.15) is 24.2 Å². The molecular weight excluding hydrogens is 327 g/mol. The van der Waals surface area contributed by atoms with Gasteiger partial charge in [-0.3, -0.25) is 14.5 Å². The minimum atomic E-state index is -1.06. The second-order valence-corrected chi connectivity index (χ2v) is 5.22. The van der Waals surface area contributed by atoms with Crippen molar-refractivity contribution in [1.82, 2.24) is 10.2 Å². The molecule has 1 heterocycles. The molecule has 1 aromatic rings. The quantitative estimate of drug-likeness (QED) is 0.811. The van der Waals surface area contributed by atoms with Crippen molar-refractivity contribution in [2.24, 2.45) is 0 Å². The van der Waals surface area contributed by atoms with Gasteiger partial charge in [-0.05, 0) is 37.1 Å². The number of rotatable bonds is 6. The summed E-state index contributed by atoms with van der Waals surface area (Å²) in [6.07, 6.45) is 1.58. The fourth-order valence-corrected chi connectivity index (χ4v) is 2.32. The maximum absolute atomic E-state index is 12.8. The van der Waals surface area contributed by atoms with Crippen molar-refractivity contribution >= 4 is 24.3 Å². The SMILES string of the molecule is Cl.O=C(O)CNC(=O)CN1CCC(Oc2ccc(F)cc2)CC1. The van der Waals surface area contributed by atoms with Crippen LogP contribution in [-0.4, -0.2) is 54.2 Å². The minimum absolute atomic E-state index is 0. The summed E-state index contributed by atoms with van der Waals surface area (Å²) in [7, 11) is 0. The van der Waals surface area contributed by atoms with E-state index in [1.807, 2.05) is 4.90 Å². The van der Waals surface area contributed by atoms with Gasteiger partial charge in [0, 0.05) is 13.1 Å². The van der Waals surface area contributed by atoms with Gasteiger partial charge in [-0.1, -0.05) is 0 Å². The molecule has 1 aliphatic rings. The topological polar surface area (TPSA) is 78.9 Å². The van der Waals surface area contributed by atoms with Crippen molar-refractivity contribution in [2.45, 2.75) is 18.9 Å². The average Bonchev–Trinajstić information content (AvgIpc) is 2.49. The third-order valence-corrected chi connectivity index (χ3v) is 3.45. The number of likely N-dealkylation sites (tertiary alicyclic amines) is 1. The summed E-state index contributed by atoms with van der Waals surface area (Å²) >= 11 is 0. The van der Waals surface area contributed by atoms with Crippen LogP contribution in [0.3, 0.4) is 0 Å². The third-order valence-electron chi connectivity index (χ3n) is 3.45. The Hall–Kier alpha value is -1.86. The minimum Gasteiger partial charge on any atom is -0.490 e. The van der Waals surface area contributed by atoms with E-state index in [9.17, 15) is 14.0 Å². The van der Waals surface area contributed by atoms with E-state index < -0.39 is 5.97 Å². The molecule has 0 spiro atoms. The molecule has 1 saturated heterocycles. The molecule has 0 aromatic heterocycles.